The monoisotopic (exact) mass is 431 g/mol. The van der Waals surface area contributed by atoms with Crippen LogP contribution in [0.3, 0.4) is 0 Å². The van der Waals surface area contributed by atoms with E-state index in [0.717, 1.165) is 30.6 Å². The number of nitrogens with zero attached hydrogens (tertiary/aromatic N) is 1. The van der Waals surface area contributed by atoms with Crippen molar-refractivity contribution in [1.82, 2.24) is 0 Å². The number of benzene rings is 1. The molecule has 0 aliphatic rings. The standard InChI is InChI=1S/C25H41NO3Si/c1-20(16-24(17-26)29-30(7,8)25(3,4)5)10-9-11-21(2)18-28-19-22-12-14-23(27-6)15-13-22/h11-15,20,24H,9-10,16,18-19H2,1-8H3/b21-11+/t20-,24?/m1/s1. The van der Waals surface area contributed by atoms with Crippen LogP contribution < -0.4 is 4.74 Å². The van der Waals surface area contributed by atoms with Gasteiger partial charge in [-0.1, -0.05) is 51.5 Å². The molecule has 0 spiro atoms. The van der Waals surface area contributed by atoms with E-state index in [9.17, 15) is 5.26 Å². The Morgan fingerprint density at radius 3 is 2.37 bits per heavy atom. The molecule has 1 aromatic carbocycles. The van der Waals surface area contributed by atoms with Gasteiger partial charge < -0.3 is 13.9 Å². The molecule has 168 valence electrons. The van der Waals surface area contributed by atoms with Crippen molar-refractivity contribution in [3.05, 3.63) is 41.5 Å². The number of nitriles is 1. The van der Waals surface area contributed by atoms with Crippen molar-refractivity contribution in [2.75, 3.05) is 13.7 Å². The van der Waals surface area contributed by atoms with Crippen molar-refractivity contribution in [1.29, 1.82) is 5.26 Å². The van der Waals surface area contributed by atoms with E-state index in [1.54, 1.807) is 7.11 Å². The van der Waals surface area contributed by atoms with Crippen molar-refractivity contribution in [2.24, 2.45) is 5.92 Å². The Kier molecular flexibility index (Phi) is 10.8. The summed E-state index contributed by atoms with van der Waals surface area (Å²) in [6.07, 6.45) is 4.79. The summed E-state index contributed by atoms with van der Waals surface area (Å²) in [6, 6.07) is 10.3. The van der Waals surface area contributed by atoms with E-state index in [1.165, 1.54) is 5.57 Å². The van der Waals surface area contributed by atoms with E-state index in [1.807, 2.05) is 24.3 Å². The number of hydrogen-bond donors (Lipinski definition) is 0. The topological polar surface area (TPSA) is 51.5 Å². The van der Waals surface area contributed by atoms with Crippen molar-refractivity contribution >= 4 is 8.32 Å². The molecule has 5 heteroatoms. The number of rotatable bonds is 12. The van der Waals surface area contributed by atoms with Crippen molar-refractivity contribution < 1.29 is 13.9 Å². The lowest BCUT2D eigenvalue weighted by Gasteiger charge is -2.38. The zero-order valence-electron chi connectivity index (χ0n) is 20.2. The molecule has 2 atom stereocenters. The number of ether oxygens (including phenoxy) is 2. The predicted molar refractivity (Wildman–Crippen MR) is 127 cm³/mol. The number of hydrogen-bond acceptors (Lipinski definition) is 4. The summed E-state index contributed by atoms with van der Waals surface area (Å²) in [6.45, 7) is 16.6. The molecule has 0 fully saturated rings. The maximum absolute atomic E-state index is 9.55. The van der Waals surface area contributed by atoms with Crippen LogP contribution in [-0.2, 0) is 15.8 Å². The van der Waals surface area contributed by atoms with Crippen LogP contribution in [0, 0.1) is 17.2 Å². The third kappa shape index (κ3) is 9.47. The Hall–Kier alpha value is -1.61. The molecule has 0 radical (unpaired) electrons. The molecular formula is C25H41NO3Si. The SMILES string of the molecule is COc1ccc(COC/C(C)=C/CC[C@@H](C)CC(C#N)O[Si](C)(C)C(C)(C)C)cc1. The Bertz CT molecular complexity index is 699. The van der Waals surface area contributed by atoms with Gasteiger partial charge in [-0.15, -0.1) is 0 Å². The van der Waals surface area contributed by atoms with Gasteiger partial charge in [-0.05, 0) is 67.9 Å². The second-order valence-corrected chi connectivity index (χ2v) is 14.6. The summed E-state index contributed by atoms with van der Waals surface area (Å²) in [5.74, 6) is 1.31. The molecule has 30 heavy (non-hydrogen) atoms. The molecule has 1 unspecified atom stereocenters. The third-order valence-electron chi connectivity index (χ3n) is 5.91. The fraction of sp³-hybridized carbons (Fsp3) is 0.640. The summed E-state index contributed by atoms with van der Waals surface area (Å²) in [4.78, 5) is 0. The molecule has 0 heterocycles. The van der Waals surface area contributed by atoms with Gasteiger partial charge in [0, 0.05) is 0 Å². The van der Waals surface area contributed by atoms with Crippen molar-refractivity contribution in [3.8, 4) is 11.8 Å². The Morgan fingerprint density at radius 1 is 1.20 bits per heavy atom. The van der Waals surface area contributed by atoms with Crippen LogP contribution in [0.15, 0.2) is 35.9 Å². The van der Waals surface area contributed by atoms with E-state index in [-0.39, 0.29) is 11.1 Å². The van der Waals surface area contributed by atoms with Crippen LogP contribution in [-0.4, -0.2) is 28.1 Å². The van der Waals surface area contributed by atoms with E-state index in [0.29, 0.717) is 19.1 Å². The van der Waals surface area contributed by atoms with Crippen LogP contribution in [0.25, 0.3) is 0 Å². The lowest BCUT2D eigenvalue weighted by atomic mass is 9.98. The number of allylic oxidation sites excluding steroid dienone is 1. The van der Waals surface area contributed by atoms with Gasteiger partial charge in [0.25, 0.3) is 0 Å². The molecule has 1 aromatic rings. The van der Waals surface area contributed by atoms with Gasteiger partial charge in [-0.2, -0.15) is 5.26 Å². The van der Waals surface area contributed by atoms with Crippen LogP contribution in [0.4, 0.5) is 0 Å². The summed E-state index contributed by atoms with van der Waals surface area (Å²) in [5.41, 5.74) is 2.38. The lowest BCUT2D eigenvalue weighted by Crippen LogP contribution is -2.44. The first-order valence-electron chi connectivity index (χ1n) is 10.9. The van der Waals surface area contributed by atoms with Gasteiger partial charge in [0.1, 0.15) is 11.9 Å². The fourth-order valence-corrected chi connectivity index (χ4v) is 4.08. The van der Waals surface area contributed by atoms with Crippen LogP contribution in [0.1, 0.15) is 59.4 Å². The molecule has 0 aliphatic heterocycles. The molecule has 0 saturated carbocycles. The maximum Gasteiger partial charge on any atom is 0.193 e. The average molecular weight is 432 g/mol. The second-order valence-electron chi connectivity index (χ2n) is 9.81. The molecule has 0 bridgehead atoms. The average Bonchev–Trinajstić information content (AvgIpc) is 2.67. The molecule has 1 rings (SSSR count). The van der Waals surface area contributed by atoms with E-state index in [2.05, 4.69) is 59.9 Å². The summed E-state index contributed by atoms with van der Waals surface area (Å²) < 4.78 is 17.3. The maximum atomic E-state index is 9.55. The highest BCUT2D eigenvalue weighted by atomic mass is 28.4. The minimum atomic E-state index is -1.91. The van der Waals surface area contributed by atoms with E-state index < -0.39 is 8.32 Å². The number of methoxy groups -OCH3 is 1. The Balaban J connectivity index is 2.36. The van der Waals surface area contributed by atoms with Crippen LogP contribution >= 0.6 is 0 Å². The van der Waals surface area contributed by atoms with Crippen molar-refractivity contribution in [2.45, 2.75) is 84.7 Å². The zero-order valence-corrected chi connectivity index (χ0v) is 21.2. The highest BCUT2D eigenvalue weighted by Crippen LogP contribution is 2.38. The van der Waals surface area contributed by atoms with Crippen molar-refractivity contribution in [3.63, 3.8) is 0 Å². The molecule has 0 aliphatic carbocycles. The molecule has 0 amide bonds. The summed E-state index contributed by atoms with van der Waals surface area (Å²) in [7, 11) is -0.242. The minimum absolute atomic E-state index is 0.122. The fourth-order valence-electron chi connectivity index (χ4n) is 2.87. The van der Waals surface area contributed by atoms with Gasteiger partial charge in [0.15, 0.2) is 8.32 Å². The first-order chi connectivity index (χ1) is 14.0. The summed E-state index contributed by atoms with van der Waals surface area (Å²) in [5, 5.41) is 9.67. The second kappa shape index (κ2) is 12.3. The van der Waals surface area contributed by atoms with Crippen LogP contribution in [0.5, 0.6) is 5.75 Å². The van der Waals surface area contributed by atoms with Gasteiger partial charge in [0.2, 0.25) is 0 Å². The Morgan fingerprint density at radius 2 is 1.83 bits per heavy atom. The largest absolute Gasteiger partial charge is 0.497 e. The van der Waals surface area contributed by atoms with Gasteiger partial charge in [-0.25, -0.2) is 0 Å². The highest BCUT2D eigenvalue weighted by Gasteiger charge is 2.39. The third-order valence-corrected chi connectivity index (χ3v) is 10.4. The first-order valence-corrected chi connectivity index (χ1v) is 13.8. The molecule has 0 saturated heterocycles. The predicted octanol–water partition coefficient (Wildman–Crippen LogP) is 6.88. The molecule has 0 N–H and O–H groups in total. The van der Waals surface area contributed by atoms with Crippen LogP contribution in [0.2, 0.25) is 18.1 Å². The van der Waals surface area contributed by atoms with Gasteiger partial charge >= 0.3 is 0 Å². The zero-order chi connectivity index (χ0) is 22.8. The van der Waals surface area contributed by atoms with Gasteiger partial charge in [-0.3, -0.25) is 0 Å². The van der Waals surface area contributed by atoms with E-state index in [4.69, 9.17) is 13.9 Å². The Labute approximate surface area is 185 Å². The highest BCUT2D eigenvalue weighted by molar-refractivity contribution is 6.74. The smallest absolute Gasteiger partial charge is 0.193 e. The molecule has 0 aromatic heterocycles. The first kappa shape index (κ1) is 26.4. The molecular weight excluding hydrogens is 390 g/mol. The minimum Gasteiger partial charge on any atom is -0.497 e. The summed E-state index contributed by atoms with van der Waals surface area (Å²) >= 11 is 0. The van der Waals surface area contributed by atoms with E-state index >= 15 is 0 Å². The van der Waals surface area contributed by atoms with Gasteiger partial charge in [0.05, 0.1) is 26.4 Å². The lowest BCUT2D eigenvalue weighted by molar-refractivity contribution is 0.142. The molecule has 4 nitrogen and oxygen atoms in total. The quantitative estimate of drug-likeness (QED) is 0.267. The normalized spacial score (nSPS) is 14.8.